The third-order valence-corrected chi connectivity index (χ3v) is 5.58. The van der Waals surface area contributed by atoms with Crippen LogP contribution in [0.25, 0.3) is 0 Å². The molecule has 1 unspecified atom stereocenters. The Morgan fingerprint density at radius 2 is 2.04 bits per heavy atom. The van der Waals surface area contributed by atoms with E-state index in [9.17, 15) is 14.7 Å². The maximum Gasteiger partial charge on any atom is 0.322 e. The average molecular weight is 385 g/mol. The van der Waals surface area contributed by atoms with Crippen molar-refractivity contribution in [3.8, 4) is 0 Å². The fourth-order valence-electron chi connectivity index (χ4n) is 3.00. The molecule has 0 aromatic rings. The van der Waals surface area contributed by atoms with Crippen molar-refractivity contribution >= 4 is 28.7 Å². The number of aliphatic carboxylic acids is 1. The van der Waals surface area contributed by atoms with Gasteiger partial charge in [-0.05, 0) is 46.5 Å². The van der Waals surface area contributed by atoms with Gasteiger partial charge in [0, 0.05) is 18.3 Å². The lowest BCUT2D eigenvalue weighted by atomic mass is 10.1. The molecule has 1 saturated carbocycles. The van der Waals surface area contributed by atoms with E-state index in [1.54, 1.807) is 32.5 Å². The molecule has 0 spiro atoms. The molecule has 2 aliphatic rings. The van der Waals surface area contributed by atoms with Gasteiger partial charge in [-0.1, -0.05) is 19.8 Å². The summed E-state index contributed by atoms with van der Waals surface area (Å²) in [6, 6.07) is 0.337. The molecule has 7 heteroatoms. The zero-order valence-corrected chi connectivity index (χ0v) is 17.2. The molecule has 1 heterocycles. The Morgan fingerprint density at radius 1 is 1.35 bits per heavy atom. The lowest BCUT2D eigenvalue weighted by Crippen LogP contribution is -2.45. The number of hydrogen-bond donors (Lipinski definition) is 1. The van der Waals surface area contributed by atoms with Gasteiger partial charge in [0.15, 0.2) is 5.92 Å². The standard InChI is InChI=1S/C19H32N2O4S/c1-5-6-7-8-16-20-15(12-26-16)21(13-9-10-13)11-14(17(22)23)18(24)25-19(2,3)4/h13-15H,5-12H2,1-4H3,(H,22,23)/t14-,15?/m0/s1. The summed E-state index contributed by atoms with van der Waals surface area (Å²) in [5.41, 5.74) is -0.691. The Kier molecular flexibility index (Phi) is 7.52. The molecule has 2 rings (SSSR count). The minimum absolute atomic E-state index is 0.0200. The minimum Gasteiger partial charge on any atom is -0.481 e. The Hall–Kier alpha value is -1.08. The van der Waals surface area contributed by atoms with Gasteiger partial charge in [0.25, 0.3) is 0 Å². The number of hydrogen-bond acceptors (Lipinski definition) is 6. The summed E-state index contributed by atoms with van der Waals surface area (Å²) in [6.45, 7) is 7.62. The number of ether oxygens (including phenoxy) is 1. The van der Waals surface area contributed by atoms with Crippen LogP contribution < -0.4 is 0 Å². The molecule has 1 aliphatic carbocycles. The molecule has 1 fully saturated rings. The van der Waals surface area contributed by atoms with E-state index in [1.165, 1.54) is 17.9 Å². The molecule has 0 aromatic heterocycles. The number of aliphatic imine (C=N–C) groups is 1. The van der Waals surface area contributed by atoms with Crippen LogP contribution in [0.2, 0.25) is 0 Å². The van der Waals surface area contributed by atoms with Crippen LogP contribution in [0.5, 0.6) is 0 Å². The van der Waals surface area contributed by atoms with Crippen molar-refractivity contribution in [1.82, 2.24) is 4.90 Å². The first-order valence-corrected chi connectivity index (χ1v) is 10.6. The second-order valence-electron chi connectivity index (χ2n) is 8.12. The Bertz CT molecular complexity index is 540. The summed E-state index contributed by atoms with van der Waals surface area (Å²) in [7, 11) is 0. The van der Waals surface area contributed by atoms with Crippen molar-refractivity contribution in [2.45, 2.75) is 84.0 Å². The topological polar surface area (TPSA) is 79.2 Å². The summed E-state index contributed by atoms with van der Waals surface area (Å²) >= 11 is 1.77. The number of esters is 1. The zero-order chi connectivity index (χ0) is 19.3. The Labute approximate surface area is 160 Å². The molecule has 0 bridgehead atoms. The van der Waals surface area contributed by atoms with E-state index in [4.69, 9.17) is 9.73 Å². The van der Waals surface area contributed by atoms with Crippen molar-refractivity contribution < 1.29 is 19.4 Å². The summed E-state index contributed by atoms with van der Waals surface area (Å²) < 4.78 is 5.32. The minimum atomic E-state index is -1.17. The fraction of sp³-hybridized carbons (Fsp3) is 0.842. The van der Waals surface area contributed by atoms with Crippen molar-refractivity contribution in [3.63, 3.8) is 0 Å². The molecule has 6 nitrogen and oxygen atoms in total. The number of carbonyl (C=O) groups is 2. The Balaban J connectivity index is 2.02. The fourth-order valence-corrected chi connectivity index (χ4v) is 4.09. The van der Waals surface area contributed by atoms with E-state index < -0.39 is 23.5 Å². The van der Waals surface area contributed by atoms with Gasteiger partial charge in [-0.25, -0.2) is 0 Å². The monoisotopic (exact) mass is 384 g/mol. The summed E-state index contributed by atoms with van der Waals surface area (Å²) in [6.07, 6.45) is 6.61. The SMILES string of the molecule is CCCCCC1=NC(N(C[C@@H](C(=O)O)C(=O)OC(C)(C)C)C2CC2)CS1. The van der Waals surface area contributed by atoms with Crippen molar-refractivity contribution in [3.05, 3.63) is 0 Å². The largest absolute Gasteiger partial charge is 0.481 e. The lowest BCUT2D eigenvalue weighted by Gasteiger charge is -2.29. The maximum absolute atomic E-state index is 12.4. The number of carboxylic acids is 1. The highest BCUT2D eigenvalue weighted by Gasteiger charge is 2.41. The Morgan fingerprint density at radius 3 is 2.58 bits per heavy atom. The van der Waals surface area contributed by atoms with Crippen LogP contribution >= 0.6 is 11.8 Å². The number of rotatable bonds is 10. The predicted molar refractivity (Wildman–Crippen MR) is 105 cm³/mol. The third kappa shape index (κ3) is 6.58. The van der Waals surface area contributed by atoms with Gasteiger partial charge >= 0.3 is 11.9 Å². The van der Waals surface area contributed by atoms with Gasteiger partial charge in [-0.2, -0.15) is 0 Å². The molecule has 0 radical (unpaired) electrons. The van der Waals surface area contributed by atoms with E-state index in [-0.39, 0.29) is 12.7 Å². The van der Waals surface area contributed by atoms with Crippen LogP contribution in [0.15, 0.2) is 4.99 Å². The van der Waals surface area contributed by atoms with Crippen molar-refractivity contribution in [1.29, 1.82) is 0 Å². The van der Waals surface area contributed by atoms with Gasteiger partial charge in [-0.15, -0.1) is 11.8 Å². The van der Waals surface area contributed by atoms with Crippen LogP contribution in [-0.2, 0) is 14.3 Å². The number of thioether (sulfide) groups is 1. The molecule has 0 saturated heterocycles. The van der Waals surface area contributed by atoms with E-state index in [0.717, 1.165) is 31.4 Å². The van der Waals surface area contributed by atoms with Crippen LogP contribution in [0.4, 0.5) is 0 Å². The molecule has 26 heavy (non-hydrogen) atoms. The first-order valence-electron chi connectivity index (χ1n) is 9.62. The first-order chi connectivity index (χ1) is 12.2. The predicted octanol–water partition coefficient (Wildman–Crippen LogP) is 3.55. The van der Waals surface area contributed by atoms with E-state index in [2.05, 4.69) is 11.8 Å². The van der Waals surface area contributed by atoms with Gasteiger partial charge in [-0.3, -0.25) is 19.5 Å². The van der Waals surface area contributed by atoms with E-state index in [1.807, 2.05) is 0 Å². The maximum atomic E-state index is 12.4. The quantitative estimate of drug-likeness (QED) is 0.352. The molecule has 0 amide bonds. The van der Waals surface area contributed by atoms with Crippen molar-refractivity contribution in [2.24, 2.45) is 10.9 Å². The molecule has 1 aliphatic heterocycles. The lowest BCUT2D eigenvalue weighted by molar-refractivity contribution is -0.167. The molecule has 2 atom stereocenters. The second kappa shape index (κ2) is 9.22. The van der Waals surface area contributed by atoms with Crippen LogP contribution in [0.3, 0.4) is 0 Å². The van der Waals surface area contributed by atoms with Crippen LogP contribution in [0, 0.1) is 5.92 Å². The highest BCUT2D eigenvalue weighted by atomic mass is 32.2. The average Bonchev–Trinajstić information content (AvgIpc) is 3.25. The first kappa shape index (κ1) is 21.2. The zero-order valence-electron chi connectivity index (χ0n) is 16.4. The van der Waals surface area contributed by atoms with Gasteiger partial charge in [0.1, 0.15) is 11.8 Å². The van der Waals surface area contributed by atoms with Crippen LogP contribution in [0.1, 0.15) is 66.2 Å². The summed E-state index contributed by atoms with van der Waals surface area (Å²) in [5, 5.41) is 10.7. The normalized spacial score (nSPS) is 21.6. The number of nitrogens with zero attached hydrogens (tertiary/aromatic N) is 2. The molecular formula is C19H32N2O4S. The number of unbranched alkanes of at least 4 members (excludes halogenated alkanes) is 2. The molecule has 148 valence electrons. The van der Waals surface area contributed by atoms with Gasteiger partial charge in [0.05, 0.1) is 5.04 Å². The smallest absolute Gasteiger partial charge is 0.322 e. The second-order valence-corrected chi connectivity index (χ2v) is 9.22. The van der Waals surface area contributed by atoms with Gasteiger partial charge < -0.3 is 9.84 Å². The highest BCUT2D eigenvalue weighted by Crippen LogP contribution is 2.34. The third-order valence-electron chi connectivity index (χ3n) is 4.47. The molecule has 1 N–H and O–H groups in total. The molecule has 0 aromatic carbocycles. The van der Waals surface area contributed by atoms with Crippen LogP contribution in [-0.4, -0.2) is 57.1 Å². The van der Waals surface area contributed by atoms with E-state index in [0.29, 0.717) is 6.04 Å². The highest BCUT2D eigenvalue weighted by molar-refractivity contribution is 8.14. The number of carboxylic acid groups (broad SMARTS) is 1. The molecular weight excluding hydrogens is 352 g/mol. The van der Waals surface area contributed by atoms with Gasteiger partial charge in [0.2, 0.25) is 0 Å². The number of carbonyl (C=O) groups excluding carboxylic acids is 1. The summed E-state index contributed by atoms with van der Waals surface area (Å²) in [4.78, 5) is 31.0. The van der Waals surface area contributed by atoms with E-state index >= 15 is 0 Å². The summed E-state index contributed by atoms with van der Waals surface area (Å²) in [5.74, 6) is -2.10. The van der Waals surface area contributed by atoms with Crippen molar-refractivity contribution in [2.75, 3.05) is 12.3 Å².